The van der Waals surface area contributed by atoms with Gasteiger partial charge in [-0.2, -0.15) is 0 Å². The molecule has 0 spiro atoms. The van der Waals surface area contributed by atoms with Crippen molar-refractivity contribution >= 4 is 5.71 Å². The number of nitrogens with zero attached hydrogens (tertiary/aromatic N) is 1. The van der Waals surface area contributed by atoms with Crippen LogP contribution in [0.5, 0.6) is 0 Å². The first kappa shape index (κ1) is 9.25. The number of benzene rings is 1. The summed E-state index contributed by atoms with van der Waals surface area (Å²) in [5.41, 5.74) is 4.62. The van der Waals surface area contributed by atoms with Crippen molar-refractivity contribution in [1.29, 1.82) is 0 Å². The van der Waals surface area contributed by atoms with Crippen LogP contribution in [-0.4, -0.2) is 10.9 Å². The number of oxime groups is 1. The van der Waals surface area contributed by atoms with Crippen molar-refractivity contribution in [2.45, 2.75) is 32.6 Å². The Morgan fingerprint density at radius 3 is 2.64 bits per heavy atom. The second-order valence-electron chi connectivity index (χ2n) is 3.88. The molecule has 2 nitrogen and oxygen atoms in total. The van der Waals surface area contributed by atoms with Crippen molar-refractivity contribution in [3.8, 4) is 0 Å². The summed E-state index contributed by atoms with van der Waals surface area (Å²) in [7, 11) is 0. The van der Waals surface area contributed by atoms with Gasteiger partial charge >= 0.3 is 0 Å². The highest BCUT2D eigenvalue weighted by atomic mass is 16.4. The average molecular weight is 189 g/mol. The summed E-state index contributed by atoms with van der Waals surface area (Å²) in [4.78, 5) is 0. The van der Waals surface area contributed by atoms with Crippen molar-refractivity contribution in [3.05, 3.63) is 34.9 Å². The van der Waals surface area contributed by atoms with Gasteiger partial charge in [0.05, 0.1) is 5.71 Å². The molecule has 0 aliphatic heterocycles. The molecule has 0 unspecified atom stereocenters. The van der Waals surface area contributed by atoms with E-state index in [-0.39, 0.29) is 0 Å². The molecule has 0 saturated carbocycles. The predicted octanol–water partition coefficient (Wildman–Crippen LogP) is 2.76. The normalized spacial score (nSPS) is 16.5. The molecule has 1 aliphatic carbocycles. The van der Waals surface area contributed by atoms with Gasteiger partial charge in [-0.05, 0) is 55.4 Å². The van der Waals surface area contributed by atoms with E-state index in [1.807, 2.05) is 13.0 Å². The predicted molar refractivity (Wildman–Crippen MR) is 57.1 cm³/mol. The zero-order valence-electron chi connectivity index (χ0n) is 8.45. The minimum atomic E-state index is 0.693. The Kier molecular flexibility index (Phi) is 2.53. The number of hydrogen-bond acceptors (Lipinski definition) is 2. The molecule has 1 aromatic rings. The highest BCUT2D eigenvalue weighted by Crippen LogP contribution is 2.22. The molecule has 14 heavy (non-hydrogen) atoms. The molecule has 0 bridgehead atoms. The molecular formula is C12H15NO. The quantitative estimate of drug-likeness (QED) is 0.411. The highest BCUT2D eigenvalue weighted by Gasteiger charge is 2.10. The zero-order valence-corrected chi connectivity index (χ0v) is 8.45. The second kappa shape index (κ2) is 3.82. The molecule has 0 atom stereocenters. The Balaban J connectivity index is 2.38. The van der Waals surface area contributed by atoms with Crippen LogP contribution in [-0.2, 0) is 12.8 Å². The lowest BCUT2D eigenvalue weighted by molar-refractivity contribution is 0.319. The molecule has 0 radical (unpaired) electrons. The molecule has 2 heteroatoms. The van der Waals surface area contributed by atoms with E-state index >= 15 is 0 Å². The molecule has 0 aromatic heterocycles. The first-order valence-electron chi connectivity index (χ1n) is 5.12. The summed E-state index contributed by atoms with van der Waals surface area (Å²) in [6.07, 6.45) is 4.96. The van der Waals surface area contributed by atoms with Crippen molar-refractivity contribution in [2.24, 2.45) is 5.16 Å². The molecule has 0 heterocycles. The maximum atomic E-state index is 8.68. The largest absolute Gasteiger partial charge is 0.411 e. The fourth-order valence-corrected chi connectivity index (χ4v) is 2.02. The fraction of sp³-hybridized carbons (Fsp3) is 0.417. The summed E-state index contributed by atoms with van der Waals surface area (Å²) < 4.78 is 0. The van der Waals surface area contributed by atoms with Gasteiger partial charge in [-0.25, -0.2) is 0 Å². The first-order valence-corrected chi connectivity index (χ1v) is 5.12. The van der Waals surface area contributed by atoms with Gasteiger partial charge < -0.3 is 5.21 Å². The number of fused-ring (bicyclic) bond motifs is 1. The maximum absolute atomic E-state index is 8.68. The van der Waals surface area contributed by atoms with Crippen LogP contribution < -0.4 is 0 Å². The maximum Gasteiger partial charge on any atom is 0.0837 e. The van der Waals surface area contributed by atoms with Crippen molar-refractivity contribution in [2.75, 3.05) is 0 Å². The van der Waals surface area contributed by atoms with Crippen LogP contribution in [0.4, 0.5) is 0 Å². The Morgan fingerprint density at radius 1 is 1.21 bits per heavy atom. The molecule has 1 aliphatic rings. The molecule has 2 rings (SSSR count). The zero-order chi connectivity index (χ0) is 9.97. The number of aryl methyl sites for hydroxylation is 2. The number of hydrogen-bond donors (Lipinski definition) is 1. The third-order valence-corrected chi connectivity index (χ3v) is 2.92. The van der Waals surface area contributed by atoms with Crippen molar-refractivity contribution < 1.29 is 5.21 Å². The van der Waals surface area contributed by atoms with E-state index in [4.69, 9.17) is 5.21 Å². The summed E-state index contributed by atoms with van der Waals surface area (Å²) in [5, 5.41) is 11.9. The van der Waals surface area contributed by atoms with Crippen LogP contribution in [0.1, 0.15) is 36.5 Å². The Morgan fingerprint density at radius 2 is 1.93 bits per heavy atom. The van der Waals surface area contributed by atoms with E-state index in [0.717, 1.165) is 5.56 Å². The van der Waals surface area contributed by atoms with Crippen LogP contribution in [0.15, 0.2) is 23.4 Å². The molecule has 0 fully saturated rings. The van der Waals surface area contributed by atoms with Crippen molar-refractivity contribution in [1.82, 2.24) is 0 Å². The van der Waals surface area contributed by atoms with Gasteiger partial charge in [-0.15, -0.1) is 0 Å². The SMILES string of the molecule is CC(=NO)c1ccc2c(c1)CCCC2. The average Bonchev–Trinajstić information content (AvgIpc) is 2.27. The molecular weight excluding hydrogens is 174 g/mol. The van der Waals surface area contributed by atoms with E-state index in [0.29, 0.717) is 5.71 Å². The van der Waals surface area contributed by atoms with E-state index in [2.05, 4.69) is 17.3 Å². The third kappa shape index (κ3) is 1.65. The number of rotatable bonds is 1. The first-order chi connectivity index (χ1) is 6.81. The smallest absolute Gasteiger partial charge is 0.0837 e. The van der Waals surface area contributed by atoms with Crippen LogP contribution >= 0.6 is 0 Å². The van der Waals surface area contributed by atoms with Crippen LogP contribution in [0.2, 0.25) is 0 Å². The van der Waals surface area contributed by atoms with Crippen molar-refractivity contribution in [3.63, 3.8) is 0 Å². The second-order valence-corrected chi connectivity index (χ2v) is 3.88. The van der Waals surface area contributed by atoms with E-state index in [1.54, 1.807) is 0 Å². The lowest BCUT2D eigenvalue weighted by atomic mass is 9.90. The summed E-state index contributed by atoms with van der Waals surface area (Å²) in [5.74, 6) is 0. The Bertz CT molecular complexity index is 369. The highest BCUT2D eigenvalue weighted by molar-refractivity contribution is 5.98. The molecule has 74 valence electrons. The minimum absolute atomic E-state index is 0.693. The molecule has 0 amide bonds. The van der Waals surface area contributed by atoms with Crippen LogP contribution in [0, 0.1) is 0 Å². The molecule has 1 N–H and O–H groups in total. The van der Waals surface area contributed by atoms with Crippen LogP contribution in [0.3, 0.4) is 0 Å². The van der Waals surface area contributed by atoms with Gasteiger partial charge in [0, 0.05) is 0 Å². The summed E-state index contributed by atoms with van der Waals surface area (Å²) >= 11 is 0. The Hall–Kier alpha value is -1.31. The topological polar surface area (TPSA) is 32.6 Å². The minimum Gasteiger partial charge on any atom is -0.411 e. The van der Waals surface area contributed by atoms with Gasteiger partial charge in [0.2, 0.25) is 0 Å². The van der Waals surface area contributed by atoms with E-state index in [9.17, 15) is 0 Å². The lowest BCUT2D eigenvalue weighted by Gasteiger charge is -2.16. The molecule has 0 saturated heterocycles. The molecule has 1 aromatic carbocycles. The van der Waals surface area contributed by atoms with Gasteiger partial charge in [-0.3, -0.25) is 0 Å². The monoisotopic (exact) mass is 189 g/mol. The van der Waals surface area contributed by atoms with Gasteiger partial charge in [0.1, 0.15) is 0 Å². The van der Waals surface area contributed by atoms with Gasteiger partial charge in [0.15, 0.2) is 0 Å². The summed E-state index contributed by atoms with van der Waals surface area (Å²) in [6.45, 7) is 1.82. The fourth-order valence-electron chi connectivity index (χ4n) is 2.02. The van der Waals surface area contributed by atoms with E-state index < -0.39 is 0 Å². The standard InChI is InChI=1S/C12H15NO/c1-9(13-14)11-7-6-10-4-2-3-5-12(10)8-11/h6-8,14H,2-5H2,1H3. The lowest BCUT2D eigenvalue weighted by Crippen LogP contribution is -2.05. The van der Waals surface area contributed by atoms with Gasteiger partial charge in [0.25, 0.3) is 0 Å². The van der Waals surface area contributed by atoms with Crippen LogP contribution in [0.25, 0.3) is 0 Å². The Labute approximate surface area is 84.3 Å². The van der Waals surface area contributed by atoms with Gasteiger partial charge in [-0.1, -0.05) is 17.3 Å². The van der Waals surface area contributed by atoms with E-state index in [1.165, 1.54) is 36.8 Å². The third-order valence-electron chi connectivity index (χ3n) is 2.92. The summed E-state index contributed by atoms with van der Waals surface area (Å²) in [6, 6.07) is 6.36.